The van der Waals surface area contributed by atoms with E-state index in [9.17, 15) is 9.18 Å². The zero-order valence-electron chi connectivity index (χ0n) is 13.1. The molecular formula is C17H20FNO3. The van der Waals surface area contributed by atoms with E-state index in [4.69, 9.17) is 9.15 Å². The Morgan fingerprint density at radius 3 is 2.82 bits per heavy atom. The molecular weight excluding hydrogens is 285 g/mol. The highest BCUT2D eigenvalue weighted by Crippen LogP contribution is 2.26. The fourth-order valence-corrected chi connectivity index (χ4v) is 2.50. The Morgan fingerprint density at radius 1 is 1.45 bits per heavy atom. The van der Waals surface area contributed by atoms with Crippen molar-refractivity contribution in [2.24, 2.45) is 0 Å². The third kappa shape index (κ3) is 2.73. The Labute approximate surface area is 128 Å². The molecule has 2 aromatic rings. The molecule has 1 fully saturated rings. The van der Waals surface area contributed by atoms with Gasteiger partial charge in [-0.2, -0.15) is 0 Å². The molecule has 22 heavy (non-hydrogen) atoms. The third-order valence-electron chi connectivity index (χ3n) is 4.18. The Balaban J connectivity index is 1.67. The molecule has 3 rings (SSSR count). The summed E-state index contributed by atoms with van der Waals surface area (Å²) in [4.78, 5) is 14.0. The number of amides is 1. The third-order valence-corrected chi connectivity index (χ3v) is 4.18. The van der Waals surface area contributed by atoms with Crippen molar-refractivity contribution in [2.45, 2.75) is 38.9 Å². The number of hydrogen-bond acceptors (Lipinski definition) is 3. The highest BCUT2D eigenvalue weighted by molar-refractivity contribution is 5.96. The van der Waals surface area contributed by atoms with Gasteiger partial charge in [-0.3, -0.25) is 4.79 Å². The molecule has 4 nitrogen and oxygen atoms in total. The summed E-state index contributed by atoms with van der Waals surface area (Å²) in [5.74, 6) is -0.496. The SMILES string of the molecule is CCC(C)(C)OC1CN(C(=O)c2cc3cccc(F)c3o2)C1. The molecule has 2 heterocycles. The Kier molecular flexibility index (Phi) is 3.68. The number of carbonyl (C=O) groups is 1. The van der Waals surface area contributed by atoms with E-state index < -0.39 is 5.82 Å². The lowest BCUT2D eigenvalue weighted by Crippen LogP contribution is -2.56. The number of halogens is 1. The first-order chi connectivity index (χ1) is 10.4. The van der Waals surface area contributed by atoms with E-state index in [1.165, 1.54) is 6.07 Å². The number of likely N-dealkylation sites (tertiary alicyclic amines) is 1. The second kappa shape index (κ2) is 5.39. The fourth-order valence-electron chi connectivity index (χ4n) is 2.50. The van der Waals surface area contributed by atoms with Crippen molar-refractivity contribution in [3.63, 3.8) is 0 Å². The number of benzene rings is 1. The maximum absolute atomic E-state index is 13.6. The molecule has 0 atom stereocenters. The van der Waals surface area contributed by atoms with Crippen molar-refractivity contribution in [1.29, 1.82) is 0 Å². The number of furan rings is 1. The van der Waals surface area contributed by atoms with E-state index in [1.54, 1.807) is 23.1 Å². The maximum Gasteiger partial charge on any atom is 0.289 e. The van der Waals surface area contributed by atoms with E-state index in [1.807, 2.05) is 13.8 Å². The van der Waals surface area contributed by atoms with Gasteiger partial charge in [0, 0.05) is 18.5 Å². The summed E-state index contributed by atoms with van der Waals surface area (Å²) in [6.45, 7) is 7.24. The van der Waals surface area contributed by atoms with Crippen molar-refractivity contribution in [3.05, 3.63) is 35.8 Å². The molecule has 0 saturated carbocycles. The summed E-state index contributed by atoms with van der Waals surface area (Å²) in [5.41, 5.74) is -0.0475. The summed E-state index contributed by atoms with van der Waals surface area (Å²) < 4.78 is 24.9. The topological polar surface area (TPSA) is 42.7 Å². The zero-order chi connectivity index (χ0) is 15.9. The van der Waals surface area contributed by atoms with E-state index >= 15 is 0 Å². The van der Waals surface area contributed by atoms with Crippen LogP contribution >= 0.6 is 0 Å². The lowest BCUT2D eigenvalue weighted by Gasteiger charge is -2.42. The van der Waals surface area contributed by atoms with Crippen molar-refractivity contribution in [3.8, 4) is 0 Å². The van der Waals surface area contributed by atoms with Gasteiger partial charge in [0.05, 0.1) is 11.7 Å². The van der Waals surface area contributed by atoms with Crippen LogP contribution in [-0.4, -0.2) is 35.6 Å². The molecule has 0 radical (unpaired) electrons. The van der Waals surface area contributed by atoms with Gasteiger partial charge in [-0.25, -0.2) is 4.39 Å². The van der Waals surface area contributed by atoms with Gasteiger partial charge in [-0.05, 0) is 32.4 Å². The highest BCUT2D eigenvalue weighted by atomic mass is 19.1. The van der Waals surface area contributed by atoms with Gasteiger partial charge in [0.15, 0.2) is 17.2 Å². The normalized spacial score (nSPS) is 16.1. The molecule has 5 heteroatoms. The number of hydrogen-bond donors (Lipinski definition) is 0. The molecule has 1 aliphatic heterocycles. The smallest absolute Gasteiger partial charge is 0.289 e. The van der Waals surface area contributed by atoms with Gasteiger partial charge in [0.2, 0.25) is 0 Å². The van der Waals surface area contributed by atoms with Crippen molar-refractivity contribution >= 4 is 16.9 Å². The van der Waals surface area contributed by atoms with Gasteiger partial charge in [0.1, 0.15) is 0 Å². The first kappa shape index (κ1) is 15.0. The van der Waals surface area contributed by atoms with Crippen LogP contribution in [0.15, 0.2) is 28.7 Å². The minimum absolute atomic E-state index is 0.0556. The summed E-state index contributed by atoms with van der Waals surface area (Å²) in [6.07, 6.45) is 0.973. The summed E-state index contributed by atoms with van der Waals surface area (Å²) >= 11 is 0. The molecule has 118 valence electrons. The van der Waals surface area contributed by atoms with Crippen LogP contribution in [0.1, 0.15) is 37.7 Å². The van der Waals surface area contributed by atoms with E-state index in [2.05, 4.69) is 6.92 Å². The number of fused-ring (bicyclic) bond motifs is 1. The van der Waals surface area contributed by atoms with Crippen LogP contribution in [0, 0.1) is 5.82 Å². The fraction of sp³-hybridized carbons (Fsp3) is 0.471. The minimum atomic E-state index is -0.453. The molecule has 1 aromatic carbocycles. The van der Waals surface area contributed by atoms with Crippen LogP contribution in [0.3, 0.4) is 0 Å². The average molecular weight is 305 g/mol. The van der Waals surface area contributed by atoms with E-state index in [-0.39, 0.29) is 29.0 Å². The van der Waals surface area contributed by atoms with E-state index in [0.717, 1.165) is 6.42 Å². The first-order valence-electron chi connectivity index (χ1n) is 7.55. The largest absolute Gasteiger partial charge is 0.448 e. The molecule has 1 aromatic heterocycles. The number of para-hydroxylation sites is 1. The summed E-state index contributed by atoms with van der Waals surface area (Å²) in [7, 11) is 0. The van der Waals surface area contributed by atoms with Crippen molar-refractivity contribution in [2.75, 3.05) is 13.1 Å². The number of carbonyl (C=O) groups excluding carboxylic acids is 1. The number of ether oxygens (including phenoxy) is 1. The molecule has 1 saturated heterocycles. The van der Waals surface area contributed by atoms with Crippen LogP contribution in [0.25, 0.3) is 11.0 Å². The monoisotopic (exact) mass is 305 g/mol. The molecule has 0 spiro atoms. The van der Waals surface area contributed by atoms with Gasteiger partial charge < -0.3 is 14.1 Å². The number of rotatable bonds is 4. The number of nitrogens with zero attached hydrogens (tertiary/aromatic N) is 1. The molecule has 1 aliphatic rings. The second-order valence-electron chi connectivity index (χ2n) is 6.33. The standard InChI is InChI=1S/C17H20FNO3/c1-4-17(2,3)22-12-9-19(10-12)16(20)14-8-11-6-5-7-13(18)15(11)21-14/h5-8,12H,4,9-10H2,1-3H3. The first-order valence-corrected chi connectivity index (χ1v) is 7.55. The van der Waals surface area contributed by atoms with Crippen LogP contribution in [-0.2, 0) is 4.74 Å². The highest BCUT2D eigenvalue weighted by Gasteiger charge is 2.36. The predicted molar refractivity (Wildman–Crippen MR) is 81.3 cm³/mol. The lowest BCUT2D eigenvalue weighted by molar-refractivity contribution is -0.123. The summed E-state index contributed by atoms with van der Waals surface area (Å²) in [6, 6.07) is 6.23. The van der Waals surface area contributed by atoms with Crippen molar-refractivity contribution in [1.82, 2.24) is 4.90 Å². The van der Waals surface area contributed by atoms with Gasteiger partial charge in [0.25, 0.3) is 5.91 Å². The quantitative estimate of drug-likeness (QED) is 0.866. The van der Waals surface area contributed by atoms with Gasteiger partial charge >= 0.3 is 0 Å². The zero-order valence-corrected chi connectivity index (χ0v) is 13.1. The van der Waals surface area contributed by atoms with Crippen LogP contribution < -0.4 is 0 Å². The molecule has 0 aliphatic carbocycles. The summed E-state index contributed by atoms with van der Waals surface area (Å²) in [5, 5.41) is 0.601. The molecule has 1 amide bonds. The van der Waals surface area contributed by atoms with Crippen LogP contribution in [0.4, 0.5) is 4.39 Å². The Bertz CT molecular complexity index is 701. The predicted octanol–water partition coefficient (Wildman–Crippen LogP) is 3.60. The Hall–Kier alpha value is -1.88. The Morgan fingerprint density at radius 2 is 2.18 bits per heavy atom. The minimum Gasteiger partial charge on any atom is -0.448 e. The van der Waals surface area contributed by atoms with E-state index in [0.29, 0.717) is 18.5 Å². The van der Waals surface area contributed by atoms with Crippen molar-refractivity contribution < 1.29 is 18.3 Å². The maximum atomic E-state index is 13.6. The lowest BCUT2D eigenvalue weighted by atomic mass is 10.0. The molecule has 0 bridgehead atoms. The molecule has 0 N–H and O–H groups in total. The average Bonchev–Trinajstić information content (AvgIpc) is 2.87. The van der Waals surface area contributed by atoms with Gasteiger partial charge in [-0.15, -0.1) is 0 Å². The molecule has 0 unspecified atom stereocenters. The van der Waals surface area contributed by atoms with Crippen LogP contribution in [0.2, 0.25) is 0 Å². The van der Waals surface area contributed by atoms with Gasteiger partial charge in [-0.1, -0.05) is 19.1 Å². The van der Waals surface area contributed by atoms with Crippen LogP contribution in [0.5, 0.6) is 0 Å². The second-order valence-corrected chi connectivity index (χ2v) is 6.33.